The molecule has 0 saturated heterocycles. The number of hydrogen-bond acceptors (Lipinski definition) is 3. The lowest BCUT2D eigenvalue weighted by atomic mass is 10.0. The first-order valence-corrected chi connectivity index (χ1v) is 6.06. The van der Waals surface area contributed by atoms with E-state index in [1.165, 1.54) is 0 Å². The van der Waals surface area contributed by atoms with Crippen molar-refractivity contribution in [1.82, 2.24) is 5.32 Å². The van der Waals surface area contributed by atoms with Gasteiger partial charge >= 0.3 is 0 Å². The van der Waals surface area contributed by atoms with Crippen molar-refractivity contribution < 1.29 is 9.59 Å². The van der Waals surface area contributed by atoms with Gasteiger partial charge in [-0.05, 0) is 37.2 Å². The second-order valence-corrected chi connectivity index (χ2v) is 4.32. The summed E-state index contributed by atoms with van der Waals surface area (Å²) >= 11 is 0. The number of fused-ring (bicyclic) bond motifs is 1. The van der Waals surface area contributed by atoms with Crippen LogP contribution in [0.4, 0.5) is 11.4 Å². The van der Waals surface area contributed by atoms with Crippen LogP contribution in [0, 0.1) is 0 Å². The Morgan fingerprint density at radius 3 is 3.00 bits per heavy atom. The Labute approximate surface area is 106 Å². The summed E-state index contributed by atoms with van der Waals surface area (Å²) in [5.74, 6) is 0.0393. The van der Waals surface area contributed by atoms with Gasteiger partial charge in [-0.15, -0.1) is 0 Å². The van der Waals surface area contributed by atoms with E-state index in [0.717, 1.165) is 23.4 Å². The van der Waals surface area contributed by atoms with Gasteiger partial charge in [-0.2, -0.15) is 0 Å². The lowest BCUT2D eigenvalue weighted by Gasteiger charge is -2.17. The number of aryl methyl sites for hydroxylation is 1. The summed E-state index contributed by atoms with van der Waals surface area (Å²) in [6, 6.07) is 5.56. The van der Waals surface area contributed by atoms with Crippen LogP contribution >= 0.6 is 0 Å². The van der Waals surface area contributed by atoms with Gasteiger partial charge in [-0.1, -0.05) is 0 Å². The summed E-state index contributed by atoms with van der Waals surface area (Å²) in [5, 5.41) is 8.59. The molecule has 0 aliphatic carbocycles. The minimum atomic E-state index is -0.0101. The molecule has 2 amide bonds. The highest BCUT2D eigenvalue weighted by molar-refractivity contribution is 5.95. The van der Waals surface area contributed by atoms with Crippen LogP contribution < -0.4 is 16.0 Å². The zero-order chi connectivity index (χ0) is 13.0. The van der Waals surface area contributed by atoms with Gasteiger partial charge in [-0.3, -0.25) is 9.59 Å². The Balaban J connectivity index is 2.03. The van der Waals surface area contributed by atoms with Gasteiger partial charge in [0, 0.05) is 30.8 Å². The Kier molecular flexibility index (Phi) is 3.94. The summed E-state index contributed by atoms with van der Waals surface area (Å²) in [4.78, 5) is 22.8. The molecule has 0 atom stereocenters. The molecule has 1 aromatic carbocycles. The molecule has 0 radical (unpaired) electrons. The number of hydrogen-bond donors (Lipinski definition) is 3. The summed E-state index contributed by atoms with van der Waals surface area (Å²) in [6.07, 6.45) is 1.68. The van der Waals surface area contributed by atoms with Gasteiger partial charge in [0.15, 0.2) is 0 Å². The molecule has 1 heterocycles. The molecule has 1 aliphatic rings. The van der Waals surface area contributed by atoms with E-state index in [1.807, 2.05) is 25.2 Å². The summed E-state index contributed by atoms with van der Waals surface area (Å²) in [5.41, 5.74) is 2.70. The van der Waals surface area contributed by atoms with E-state index < -0.39 is 0 Å². The van der Waals surface area contributed by atoms with Crippen molar-refractivity contribution in [2.45, 2.75) is 19.3 Å². The normalized spacial score (nSPS) is 13.7. The number of anilines is 2. The predicted molar refractivity (Wildman–Crippen MR) is 70.6 cm³/mol. The van der Waals surface area contributed by atoms with Gasteiger partial charge < -0.3 is 16.0 Å². The molecule has 0 fully saturated rings. The van der Waals surface area contributed by atoms with Crippen LogP contribution in [0.25, 0.3) is 0 Å². The van der Waals surface area contributed by atoms with Crippen molar-refractivity contribution in [2.75, 3.05) is 24.2 Å². The van der Waals surface area contributed by atoms with Crippen LogP contribution in [0.3, 0.4) is 0 Å². The van der Waals surface area contributed by atoms with Crippen molar-refractivity contribution in [3.63, 3.8) is 0 Å². The highest BCUT2D eigenvalue weighted by Crippen LogP contribution is 2.25. The molecule has 0 saturated carbocycles. The Morgan fingerprint density at radius 2 is 2.22 bits per heavy atom. The van der Waals surface area contributed by atoms with E-state index >= 15 is 0 Å². The zero-order valence-electron chi connectivity index (χ0n) is 10.4. The van der Waals surface area contributed by atoms with E-state index in [-0.39, 0.29) is 11.8 Å². The maximum Gasteiger partial charge on any atom is 0.225 e. The lowest BCUT2D eigenvalue weighted by Crippen LogP contribution is -2.20. The molecule has 0 spiro atoms. The third-order valence-electron chi connectivity index (χ3n) is 2.89. The molecule has 0 bridgehead atoms. The van der Waals surface area contributed by atoms with Crippen molar-refractivity contribution >= 4 is 23.2 Å². The van der Waals surface area contributed by atoms with Gasteiger partial charge in [0.1, 0.15) is 0 Å². The minimum absolute atomic E-state index is 0.0101. The molecular weight excluding hydrogens is 230 g/mol. The Hall–Kier alpha value is -1.88. The average Bonchev–Trinajstić information content (AvgIpc) is 2.36. The third kappa shape index (κ3) is 3.07. The van der Waals surface area contributed by atoms with Gasteiger partial charge in [0.2, 0.25) is 11.8 Å². The van der Waals surface area contributed by atoms with Crippen LogP contribution in [0.15, 0.2) is 18.2 Å². The standard InChI is InChI=1S/C13H17N3O2/c1-14-7-6-13(18)15-10-3-4-11-9(8-10)2-5-12(17)16-11/h3-4,8,14H,2,5-7H2,1H3,(H,15,18)(H,16,17). The first-order chi connectivity index (χ1) is 8.69. The number of benzene rings is 1. The molecule has 2 rings (SSSR count). The van der Waals surface area contributed by atoms with Gasteiger partial charge in [0.05, 0.1) is 0 Å². The van der Waals surface area contributed by atoms with Gasteiger partial charge in [-0.25, -0.2) is 0 Å². The lowest BCUT2D eigenvalue weighted by molar-refractivity contribution is -0.117. The SMILES string of the molecule is CNCCC(=O)Nc1ccc2c(c1)CCC(=O)N2. The summed E-state index contributed by atoms with van der Waals surface area (Å²) in [7, 11) is 1.81. The molecule has 1 aromatic rings. The van der Waals surface area contributed by atoms with Crippen LogP contribution in [0.5, 0.6) is 0 Å². The van der Waals surface area contributed by atoms with Crippen molar-refractivity contribution in [2.24, 2.45) is 0 Å². The van der Waals surface area contributed by atoms with Crippen molar-refractivity contribution in [3.8, 4) is 0 Å². The molecule has 0 aromatic heterocycles. The molecule has 18 heavy (non-hydrogen) atoms. The highest BCUT2D eigenvalue weighted by Gasteiger charge is 2.15. The van der Waals surface area contributed by atoms with Gasteiger partial charge in [0.25, 0.3) is 0 Å². The fraction of sp³-hybridized carbons (Fsp3) is 0.385. The maximum absolute atomic E-state index is 11.6. The number of rotatable bonds is 4. The average molecular weight is 247 g/mol. The monoisotopic (exact) mass is 247 g/mol. The molecule has 3 N–H and O–H groups in total. The molecular formula is C13H17N3O2. The van der Waals surface area contributed by atoms with Crippen LogP contribution in [-0.2, 0) is 16.0 Å². The van der Waals surface area contributed by atoms with E-state index in [9.17, 15) is 9.59 Å². The smallest absolute Gasteiger partial charge is 0.225 e. The van der Waals surface area contributed by atoms with E-state index in [2.05, 4.69) is 16.0 Å². The van der Waals surface area contributed by atoms with E-state index in [0.29, 0.717) is 19.4 Å². The number of carbonyl (C=O) groups excluding carboxylic acids is 2. The molecule has 1 aliphatic heterocycles. The predicted octanol–water partition coefficient (Wildman–Crippen LogP) is 1.12. The third-order valence-corrected chi connectivity index (χ3v) is 2.89. The van der Waals surface area contributed by atoms with Crippen LogP contribution in [0.1, 0.15) is 18.4 Å². The number of carbonyl (C=O) groups is 2. The second kappa shape index (κ2) is 5.64. The van der Waals surface area contributed by atoms with E-state index in [1.54, 1.807) is 0 Å². The van der Waals surface area contributed by atoms with Crippen LogP contribution in [-0.4, -0.2) is 25.4 Å². The fourth-order valence-corrected chi connectivity index (χ4v) is 1.92. The zero-order valence-corrected chi connectivity index (χ0v) is 10.4. The van der Waals surface area contributed by atoms with Crippen molar-refractivity contribution in [1.29, 1.82) is 0 Å². The number of amides is 2. The largest absolute Gasteiger partial charge is 0.326 e. The first-order valence-electron chi connectivity index (χ1n) is 6.06. The Bertz CT molecular complexity index is 471. The maximum atomic E-state index is 11.6. The topological polar surface area (TPSA) is 70.2 Å². The molecule has 5 nitrogen and oxygen atoms in total. The quantitative estimate of drug-likeness (QED) is 0.746. The summed E-state index contributed by atoms with van der Waals surface area (Å²) < 4.78 is 0. The van der Waals surface area contributed by atoms with E-state index in [4.69, 9.17) is 0 Å². The summed E-state index contributed by atoms with van der Waals surface area (Å²) in [6.45, 7) is 0.660. The molecule has 96 valence electrons. The van der Waals surface area contributed by atoms with Crippen molar-refractivity contribution in [3.05, 3.63) is 23.8 Å². The minimum Gasteiger partial charge on any atom is -0.326 e. The molecule has 0 unspecified atom stereocenters. The fourth-order valence-electron chi connectivity index (χ4n) is 1.92. The molecule has 5 heteroatoms. The first kappa shape index (κ1) is 12.6. The van der Waals surface area contributed by atoms with Crippen LogP contribution in [0.2, 0.25) is 0 Å². The second-order valence-electron chi connectivity index (χ2n) is 4.32. The highest BCUT2D eigenvalue weighted by atomic mass is 16.2. The number of nitrogens with one attached hydrogen (secondary N) is 3. The Morgan fingerprint density at radius 1 is 1.39 bits per heavy atom.